The molecule has 5 heteroatoms. The van der Waals surface area contributed by atoms with E-state index in [4.69, 9.17) is 10.00 Å². The molecule has 2 aliphatic rings. The largest absolute Gasteiger partial charge is 0.381 e. The summed E-state index contributed by atoms with van der Waals surface area (Å²) in [5, 5.41) is 8.38. The minimum absolute atomic E-state index is 0.282. The van der Waals surface area contributed by atoms with Gasteiger partial charge in [-0.3, -0.25) is 0 Å². The smallest absolute Gasteiger partial charge is 0.157 e. The highest BCUT2D eigenvalue weighted by atomic mass is 32.2. The van der Waals surface area contributed by atoms with E-state index in [2.05, 4.69) is 6.07 Å². The fourth-order valence-electron chi connectivity index (χ4n) is 2.89. The van der Waals surface area contributed by atoms with Gasteiger partial charge in [-0.25, -0.2) is 8.42 Å². The Morgan fingerprint density at radius 3 is 2.35 bits per heavy atom. The van der Waals surface area contributed by atoms with E-state index in [-0.39, 0.29) is 11.2 Å². The van der Waals surface area contributed by atoms with Crippen molar-refractivity contribution in [1.82, 2.24) is 0 Å². The second-order valence-electron chi connectivity index (χ2n) is 4.96. The molecule has 0 aromatic heterocycles. The summed E-state index contributed by atoms with van der Waals surface area (Å²) in [6.07, 6.45) is 4.51. The lowest BCUT2D eigenvalue weighted by molar-refractivity contribution is 0.0980. The minimum atomic E-state index is -3.15. The van der Waals surface area contributed by atoms with Crippen molar-refractivity contribution in [3.8, 4) is 6.07 Å². The van der Waals surface area contributed by atoms with E-state index in [1.165, 1.54) is 0 Å². The third-order valence-corrected chi connectivity index (χ3v) is 6.73. The van der Waals surface area contributed by atoms with Crippen LogP contribution in [0.3, 0.4) is 0 Å². The summed E-state index contributed by atoms with van der Waals surface area (Å²) in [4.78, 5) is 0. The number of nitrogens with zero attached hydrogens (tertiary/aromatic N) is 1. The van der Waals surface area contributed by atoms with Crippen molar-refractivity contribution in [3.05, 3.63) is 0 Å². The average Bonchev–Trinajstić information content (AvgIpc) is 2.39. The lowest BCUT2D eigenvalue weighted by Gasteiger charge is -2.31. The van der Waals surface area contributed by atoms with Crippen molar-refractivity contribution < 1.29 is 13.2 Å². The zero-order chi connectivity index (χ0) is 12.3. The summed E-state index contributed by atoms with van der Waals surface area (Å²) in [5.41, 5.74) is 0. The quantitative estimate of drug-likeness (QED) is 0.754. The monoisotopic (exact) mass is 257 g/mol. The molecule has 2 unspecified atom stereocenters. The van der Waals surface area contributed by atoms with Gasteiger partial charge in [0.2, 0.25) is 0 Å². The first-order chi connectivity index (χ1) is 8.16. The van der Waals surface area contributed by atoms with Crippen LogP contribution >= 0.6 is 0 Å². The predicted molar refractivity (Wildman–Crippen MR) is 64.1 cm³/mol. The van der Waals surface area contributed by atoms with Gasteiger partial charge in [0.1, 0.15) is 0 Å². The molecule has 1 heterocycles. The van der Waals surface area contributed by atoms with Crippen LogP contribution in [0.25, 0.3) is 0 Å². The van der Waals surface area contributed by atoms with E-state index in [9.17, 15) is 8.42 Å². The highest BCUT2D eigenvalue weighted by Gasteiger charge is 2.40. The minimum Gasteiger partial charge on any atom is -0.381 e. The first kappa shape index (κ1) is 12.8. The molecule has 0 bridgehead atoms. The topological polar surface area (TPSA) is 67.2 Å². The van der Waals surface area contributed by atoms with Gasteiger partial charge in [0, 0.05) is 13.2 Å². The Bertz CT molecular complexity index is 392. The molecule has 1 aliphatic heterocycles. The van der Waals surface area contributed by atoms with Crippen LogP contribution in [0.15, 0.2) is 0 Å². The standard InChI is InChI=1S/C12H19NO3S/c13-9-10-3-1-2-4-12(10)17(14,15)11-5-7-16-8-6-11/h10-12H,1-8H2. The molecule has 4 nitrogen and oxygen atoms in total. The van der Waals surface area contributed by atoms with E-state index >= 15 is 0 Å². The normalized spacial score (nSPS) is 31.9. The fraction of sp³-hybridized carbons (Fsp3) is 0.917. The van der Waals surface area contributed by atoms with E-state index in [0.29, 0.717) is 32.5 Å². The van der Waals surface area contributed by atoms with Gasteiger partial charge in [0.05, 0.1) is 22.5 Å². The number of rotatable bonds is 2. The maximum Gasteiger partial charge on any atom is 0.157 e. The highest BCUT2D eigenvalue weighted by Crippen LogP contribution is 2.33. The number of hydrogen-bond acceptors (Lipinski definition) is 4. The Hall–Kier alpha value is -0.600. The number of nitriles is 1. The Balaban J connectivity index is 2.15. The molecule has 2 rings (SSSR count). The van der Waals surface area contributed by atoms with Crippen molar-refractivity contribution in [2.75, 3.05) is 13.2 Å². The van der Waals surface area contributed by atoms with Gasteiger partial charge in [-0.1, -0.05) is 12.8 Å². The Morgan fingerprint density at radius 1 is 1.06 bits per heavy atom. The second-order valence-corrected chi connectivity index (χ2v) is 7.41. The SMILES string of the molecule is N#CC1CCCCC1S(=O)(=O)C1CCOCC1. The molecule has 0 spiro atoms. The lowest BCUT2D eigenvalue weighted by Crippen LogP contribution is -2.41. The first-order valence-electron chi connectivity index (χ1n) is 6.36. The molecule has 0 aromatic carbocycles. The summed E-state index contributed by atoms with van der Waals surface area (Å²) >= 11 is 0. The molecule has 0 N–H and O–H groups in total. The molecule has 0 amide bonds. The fourth-order valence-corrected chi connectivity index (χ4v) is 5.38. The summed E-state index contributed by atoms with van der Waals surface area (Å²) in [5.74, 6) is -0.295. The average molecular weight is 257 g/mol. The Kier molecular flexibility index (Phi) is 4.05. The summed E-state index contributed by atoms with van der Waals surface area (Å²) in [6.45, 7) is 1.07. The predicted octanol–water partition coefficient (Wildman–Crippen LogP) is 1.66. The molecule has 0 radical (unpaired) electrons. The van der Waals surface area contributed by atoms with Gasteiger partial charge < -0.3 is 4.74 Å². The Labute approximate surface area is 103 Å². The second kappa shape index (κ2) is 5.36. The molecule has 1 saturated carbocycles. The molecular formula is C12H19NO3S. The van der Waals surface area contributed by atoms with Crippen LogP contribution in [-0.4, -0.2) is 32.1 Å². The first-order valence-corrected chi connectivity index (χ1v) is 7.97. The highest BCUT2D eigenvalue weighted by molar-refractivity contribution is 7.92. The summed E-state index contributed by atoms with van der Waals surface area (Å²) < 4.78 is 30.2. The zero-order valence-electron chi connectivity index (χ0n) is 9.97. The third kappa shape index (κ3) is 2.63. The lowest BCUT2D eigenvalue weighted by atomic mass is 9.90. The van der Waals surface area contributed by atoms with Crippen LogP contribution in [-0.2, 0) is 14.6 Å². The van der Waals surface area contributed by atoms with Crippen LogP contribution in [0.4, 0.5) is 0 Å². The maximum atomic E-state index is 12.5. The van der Waals surface area contributed by atoms with Crippen molar-refractivity contribution in [1.29, 1.82) is 5.26 Å². The van der Waals surface area contributed by atoms with Crippen molar-refractivity contribution in [3.63, 3.8) is 0 Å². The van der Waals surface area contributed by atoms with E-state index in [1.807, 2.05) is 0 Å². The third-order valence-electron chi connectivity index (χ3n) is 3.92. The summed E-state index contributed by atoms with van der Waals surface area (Å²) in [6, 6.07) is 2.19. The van der Waals surface area contributed by atoms with Gasteiger partial charge >= 0.3 is 0 Å². The Morgan fingerprint density at radius 2 is 1.71 bits per heavy atom. The van der Waals surface area contributed by atoms with Crippen molar-refractivity contribution in [2.45, 2.75) is 49.0 Å². The van der Waals surface area contributed by atoms with E-state index < -0.39 is 15.1 Å². The molecule has 1 saturated heterocycles. The number of ether oxygens (including phenoxy) is 1. The van der Waals surface area contributed by atoms with Crippen molar-refractivity contribution >= 4 is 9.84 Å². The molecule has 2 fully saturated rings. The number of hydrogen-bond donors (Lipinski definition) is 0. The van der Waals surface area contributed by atoms with Crippen LogP contribution in [0, 0.1) is 17.2 Å². The molecule has 17 heavy (non-hydrogen) atoms. The van der Waals surface area contributed by atoms with Gasteiger partial charge in [0.25, 0.3) is 0 Å². The molecule has 1 aliphatic carbocycles. The zero-order valence-corrected chi connectivity index (χ0v) is 10.8. The van der Waals surface area contributed by atoms with Gasteiger partial charge in [0.15, 0.2) is 9.84 Å². The molecule has 96 valence electrons. The molecule has 2 atom stereocenters. The van der Waals surface area contributed by atoms with Crippen LogP contribution in [0.2, 0.25) is 0 Å². The van der Waals surface area contributed by atoms with E-state index in [1.54, 1.807) is 0 Å². The van der Waals surface area contributed by atoms with E-state index in [0.717, 1.165) is 19.3 Å². The molecular weight excluding hydrogens is 238 g/mol. The molecule has 0 aromatic rings. The van der Waals surface area contributed by atoms with Crippen LogP contribution in [0.1, 0.15) is 38.5 Å². The van der Waals surface area contributed by atoms with Crippen LogP contribution < -0.4 is 0 Å². The van der Waals surface area contributed by atoms with Crippen molar-refractivity contribution in [2.24, 2.45) is 5.92 Å². The summed E-state index contributed by atoms with van der Waals surface area (Å²) in [7, 11) is -3.15. The number of sulfone groups is 1. The maximum absolute atomic E-state index is 12.5. The van der Waals surface area contributed by atoms with Gasteiger partial charge in [-0.15, -0.1) is 0 Å². The van der Waals surface area contributed by atoms with Gasteiger partial charge in [-0.05, 0) is 25.7 Å². The van der Waals surface area contributed by atoms with Gasteiger partial charge in [-0.2, -0.15) is 5.26 Å². The van der Waals surface area contributed by atoms with Crippen LogP contribution in [0.5, 0.6) is 0 Å².